The largest absolute Gasteiger partial charge is 0.391 e. The summed E-state index contributed by atoms with van der Waals surface area (Å²) in [6.45, 7) is 5.08. The number of nitrogens with zero attached hydrogens (tertiary/aromatic N) is 2. The second-order valence-corrected chi connectivity index (χ2v) is 7.97. The van der Waals surface area contributed by atoms with Crippen LogP contribution < -0.4 is 10.2 Å². The lowest BCUT2D eigenvalue weighted by Gasteiger charge is -2.29. The van der Waals surface area contributed by atoms with Crippen molar-refractivity contribution in [3.8, 4) is 0 Å². The van der Waals surface area contributed by atoms with Crippen LogP contribution in [0.2, 0.25) is 0 Å². The predicted molar refractivity (Wildman–Crippen MR) is 95.2 cm³/mol. The van der Waals surface area contributed by atoms with Crippen LogP contribution in [-0.2, 0) is 0 Å². The molecule has 1 aliphatic heterocycles. The number of hydrogen-bond acceptors (Lipinski definition) is 3. The molecule has 130 valence electrons. The quantitative estimate of drug-likeness (QED) is 0.896. The summed E-state index contributed by atoms with van der Waals surface area (Å²) in [7, 11) is 2.05. The number of hydrogen-bond donors (Lipinski definition) is 2. The molecule has 5 atom stereocenters. The van der Waals surface area contributed by atoms with Crippen molar-refractivity contribution < 1.29 is 9.90 Å². The van der Waals surface area contributed by atoms with E-state index in [2.05, 4.69) is 37.2 Å². The zero-order valence-corrected chi connectivity index (χ0v) is 14.6. The number of anilines is 2. The third-order valence-corrected chi connectivity index (χ3v) is 6.39. The molecular formula is C19H27N3O2. The van der Waals surface area contributed by atoms with E-state index in [0.29, 0.717) is 23.8 Å². The molecule has 2 aliphatic carbocycles. The van der Waals surface area contributed by atoms with E-state index in [1.54, 1.807) is 0 Å². The first-order valence-corrected chi connectivity index (χ1v) is 9.04. The van der Waals surface area contributed by atoms with Gasteiger partial charge in [-0.15, -0.1) is 0 Å². The monoisotopic (exact) mass is 329 g/mol. The van der Waals surface area contributed by atoms with E-state index in [-0.39, 0.29) is 18.2 Å². The number of aliphatic hydroxyl groups is 1. The van der Waals surface area contributed by atoms with Crippen LogP contribution in [-0.4, -0.2) is 47.8 Å². The maximum absolute atomic E-state index is 12.8. The summed E-state index contributed by atoms with van der Waals surface area (Å²) >= 11 is 0. The minimum atomic E-state index is -0.335. The average molecular weight is 329 g/mol. The van der Waals surface area contributed by atoms with E-state index < -0.39 is 0 Å². The van der Waals surface area contributed by atoms with Gasteiger partial charge in [0.2, 0.25) is 0 Å². The molecule has 2 N–H and O–H groups in total. The van der Waals surface area contributed by atoms with Crippen molar-refractivity contribution in [3.63, 3.8) is 0 Å². The summed E-state index contributed by atoms with van der Waals surface area (Å²) in [6.07, 6.45) is 1.84. The summed E-state index contributed by atoms with van der Waals surface area (Å²) in [6, 6.07) is 8.31. The Hall–Kier alpha value is -1.75. The van der Waals surface area contributed by atoms with Crippen molar-refractivity contribution >= 4 is 17.4 Å². The number of carbonyl (C=O) groups excluding carboxylic acids is 1. The Morgan fingerprint density at radius 3 is 2.83 bits per heavy atom. The van der Waals surface area contributed by atoms with E-state index in [9.17, 15) is 9.90 Å². The van der Waals surface area contributed by atoms with Crippen molar-refractivity contribution in [2.45, 2.75) is 44.9 Å². The van der Waals surface area contributed by atoms with Crippen LogP contribution in [0.15, 0.2) is 24.3 Å². The SMILES string of the molecule is CC(C)N(C)c1cccc(NC(=O)N2CC3CC4CC3C2C4O)c1. The van der Waals surface area contributed by atoms with E-state index in [1.165, 1.54) is 0 Å². The van der Waals surface area contributed by atoms with Crippen LogP contribution in [0.25, 0.3) is 0 Å². The first kappa shape index (κ1) is 15.8. The van der Waals surface area contributed by atoms with Crippen molar-refractivity contribution in [3.05, 3.63) is 24.3 Å². The molecule has 2 saturated carbocycles. The molecule has 5 heteroatoms. The maximum atomic E-state index is 12.8. The van der Waals surface area contributed by atoms with Gasteiger partial charge < -0.3 is 20.2 Å². The zero-order chi connectivity index (χ0) is 17.0. The number of benzene rings is 1. The number of likely N-dealkylation sites (tertiary alicyclic amines) is 1. The van der Waals surface area contributed by atoms with Crippen molar-refractivity contribution in [2.75, 3.05) is 23.8 Å². The predicted octanol–water partition coefficient (Wildman–Crippen LogP) is 2.76. The molecule has 1 heterocycles. The number of aliphatic hydroxyl groups excluding tert-OH is 1. The molecule has 0 aromatic heterocycles. The van der Waals surface area contributed by atoms with E-state index in [0.717, 1.165) is 30.8 Å². The standard InChI is InChI=1S/C19H27N3O2/c1-11(2)21(3)15-6-4-5-14(9-15)20-19(24)22-10-13-7-12-8-16(13)17(22)18(12)23/h4-6,9,11-13,16-18,23H,7-8,10H2,1-3H3,(H,20,24). The fourth-order valence-electron chi connectivity index (χ4n) is 4.95. The van der Waals surface area contributed by atoms with E-state index in [4.69, 9.17) is 0 Å². The Morgan fingerprint density at radius 1 is 1.33 bits per heavy atom. The number of urea groups is 1. The molecule has 5 unspecified atom stereocenters. The Bertz CT molecular complexity index is 645. The van der Waals surface area contributed by atoms with Gasteiger partial charge in [-0.25, -0.2) is 4.79 Å². The van der Waals surface area contributed by atoms with Gasteiger partial charge in [0.1, 0.15) is 0 Å². The summed E-state index contributed by atoms with van der Waals surface area (Å²) < 4.78 is 0. The van der Waals surface area contributed by atoms with Crippen molar-refractivity contribution in [1.29, 1.82) is 0 Å². The number of amides is 2. The number of rotatable bonds is 3. The molecule has 1 aromatic carbocycles. The van der Waals surface area contributed by atoms with Gasteiger partial charge in [0, 0.05) is 31.0 Å². The smallest absolute Gasteiger partial charge is 0.322 e. The third kappa shape index (κ3) is 2.37. The highest BCUT2D eigenvalue weighted by atomic mass is 16.3. The molecular weight excluding hydrogens is 302 g/mol. The Kier molecular flexibility index (Phi) is 3.71. The molecule has 3 fully saturated rings. The van der Waals surface area contributed by atoms with Crippen LogP contribution in [0.5, 0.6) is 0 Å². The van der Waals surface area contributed by atoms with Gasteiger partial charge >= 0.3 is 6.03 Å². The molecule has 0 spiro atoms. The van der Waals surface area contributed by atoms with Crippen molar-refractivity contribution in [1.82, 2.24) is 4.90 Å². The van der Waals surface area contributed by atoms with Gasteiger partial charge in [0.15, 0.2) is 0 Å². The van der Waals surface area contributed by atoms with Gasteiger partial charge in [0.05, 0.1) is 12.1 Å². The Labute approximate surface area is 143 Å². The topological polar surface area (TPSA) is 55.8 Å². The lowest BCUT2D eigenvalue weighted by molar-refractivity contribution is 0.0631. The maximum Gasteiger partial charge on any atom is 0.322 e. The minimum absolute atomic E-state index is 0.0234. The fourth-order valence-corrected chi connectivity index (χ4v) is 4.95. The van der Waals surface area contributed by atoms with Crippen LogP contribution >= 0.6 is 0 Å². The highest BCUT2D eigenvalue weighted by molar-refractivity contribution is 5.90. The normalized spacial score (nSPS) is 33.4. The Morgan fingerprint density at radius 2 is 2.12 bits per heavy atom. The first-order valence-electron chi connectivity index (χ1n) is 9.04. The minimum Gasteiger partial charge on any atom is -0.391 e. The van der Waals surface area contributed by atoms with Gasteiger partial charge in [-0.05, 0) is 62.6 Å². The highest BCUT2D eigenvalue weighted by Crippen LogP contribution is 2.54. The first-order chi connectivity index (χ1) is 11.5. The third-order valence-electron chi connectivity index (χ3n) is 6.39. The van der Waals surface area contributed by atoms with Crippen LogP contribution in [0, 0.1) is 17.8 Å². The average Bonchev–Trinajstić information content (AvgIpc) is 3.16. The van der Waals surface area contributed by atoms with E-state index >= 15 is 0 Å². The number of fused-ring (bicyclic) bond motifs is 1. The molecule has 2 bridgehead atoms. The highest BCUT2D eigenvalue weighted by Gasteiger charge is 2.59. The molecule has 0 radical (unpaired) electrons. The van der Waals surface area contributed by atoms with Crippen LogP contribution in [0.4, 0.5) is 16.2 Å². The van der Waals surface area contributed by atoms with Crippen LogP contribution in [0.3, 0.4) is 0 Å². The number of nitrogens with one attached hydrogen (secondary N) is 1. The fraction of sp³-hybridized carbons (Fsp3) is 0.632. The lowest BCUT2D eigenvalue weighted by Crippen LogP contribution is -2.45. The number of carbonyl (C=O) groups is 1. The molecule has 4 rings (SSSR count). The molecule has 5 nitrogen and oxygen atoms in total. The van der Waals surface area contributed by atoms with Gasteiger partial charge in [-0.2, -0.15) is 0 Å². The zero-order valence-electron chi connectivity index (χ0n) is 14.6. The molecule has 2 amide bonds. The van der Waals surface area contributed by atoms with Gasteiger partial charge in [-0.1, -0.05) is 6.07 Å². The Balaban J connectivity index is 1.48. The lowest BCUT2D eigenvalue weighted by atomic mass is 9.88. The molecule has 3 aliphatic rings. The summed E-state index contributed by atoms with van der Waals surface area (Å²) in [5, 5.41) is 13.5. The second-order valence-electron chi connectivity index (χ2n) is 7.97. The molecule has 1 aromatic rings. The summed E-state index contributed by atoms with van der Waals surface area (Å²) in [5.74, 6) is 1.51. The van der Waals surface area contributed by atoms with Gasteiger partial charge in [0.25, 0.3) is 0 Å². The van der Waals surface area contributed by atoms with Crippen molar-refractivity contribution in [2.24, 2.45) is 17.8 Å². The molecule has 24 heavy (non-hydrogen) atoms. The van der Waals surface area contributed by atoms with Crippen LogP contribution in [0.1, 0.15) is 26.7 Å². The summed E-state index contributed by atoms with van der Waals surface area (Å²) in [4.78, 5) is 16.8. The summed E-state index contributed by atoms with van der Waals surface area (Å²) in [5.41, 5.74) is 1.90. The second kappa shape index (κ2) is 5.66. The van der Waals surface area contributed by atoms with Gasteiger partial charge in [-0.3, -0.25) is 0 Å². The molecule has 1 saturated heterocycles. The van der Waals surface area contributed by atoms with E-state index in [1.807, 2.05) is 23.1 Å².